The van der Waals surface area contributed by atoms with Crippen LogP contribution in [0.4, 0.5) is 11.5 Å². The van der Waals surface area contributed by atoms with Gasteiger partial charge in [0.25, 0.3) is 5.91 Å². The van der Waals surface area contributed by atoms with Crippen LogP contribution in [0.3, 0.4) is 0 Å². The summed E-state index contributed by atoms with van der Waals surface area (Å²) in [5.74, 6) is 0.720. The van der Waals surface area contributed by atoms with E-state index in [2.05, 4.69) is 21.2 Å². The summed E-state index contributed by atoms with van der Waals surface area (Å²) in [7, 11) is 0. The molecule has 0 N–H and O–H groups in total. The normalized spacial score (nSPS) is 17.5. The van der Waals surface area contributed by atoms with Gasteiger partial charge in [-0.2, -0.15) is 0 Å². The third kappa shape index (κ3) is 2.85. The van der Waals surface area contributed by atoms with Crippen molar-refractivity contribution in [3.05, 3.63) is 47.7 Å². The highest BCUT2D eigenvalue weighted by Crippen LogP contribution is 2.27. The molecule has 2 aliphatic heterocycles. The Bertz CT molecular complexity index is 726. The fourth-order valence-corrected chi connectivity index (χ4v) is 3.28. The third-order valence-electron chi connectivity index (χ3n) is 4.56. The highest BCUT2D eigenvalue weighted by atomic mass is 16.5. The number of rotatable bonds is 2. The number of hydrogen-bond acceptors (Lipinski definition) is 5. The fourth-order valence-electron chi connectivity index (χ4n) is 3.28. The predicted octanol–water partition coefficient (Wildman–Crippen LogP) is 1.91. The maximum absolute atomic E-state index is 12.8. The maximum atomic E-state index is 12.8. The Morgan fingerprint density at radius 1 is 1.00 bits per heavy atom. The van der Waals surface area contributed by atoms with Gasteiger partial charge in [-0.1, -0.05) is 18.2 Å². The molecule has 1 aromatic heterocycles. The van der Waals surface area contributed by atoms with E-state index in [9.17, 15) is 4.79 Å². The van der Waals surface area contributed by atoms with Crippen LogP contribution in [0.5, 0.6) is 0 Å². The minimum absolute atomic E-state index is 0.0804. The highest BCUT2D eigenvalue weighted by Gasteiger charge is 2.24. The fraction of sp³-hybridized carbons (Fsp3) is 0.389. The SMILES string of the molecule is O=C(c1ccc(N2CCOCC2)nn1)N1CCCc2ccccc21. The van der Waals surface area contributed by atoms with Crippen LogP contribution >= 0.6 is 0 Å². The molecule has 2 aromatic rings. The maximum Gasteiger partial charge on any atom is 0.278 e. The van der Waals surface area contributed by atoms with E-state index in [0.717, 1.165) is 44.0 Å². The third-order valence-corrected chi connectivity index (χ3v) is 4.56. The molecule has 1 saturated heterocycles. The number of anilines is 2. The molecule has 4 rings (SSSR count). The monoisotopic (exact) mass is 324 g/mol. The van der Waals surface area contributed by atoms with Crippen molar-refractivity contribution in [1.29, 1.82) is 0 Å². The zero-order chi connectivity index (χ0) is 16.4. The van der Waals surface area contributed by atoms with Gasteiger partial charge in [-0.15, -0.1) is 10.2 Å². The van der Waals surface area contributed by atoms with Crippen LogP contribution in [0.2, 0.25) is 0 Å². The number of para-hydroxylation sites is 1. The van der Waals surface area contributed by atoms with Crippen molar-refractivity contribution in [2.24, 2.45) is 0 Å². The van der Waals surface area contributed by atoms with E-state index in [0.29, 0.717) is 18.9 Å². The molecule has 0 saturated carbocycles. The Morgan fingerprint density at radius 3 is 2.62 bits per heavy atom. The Kier molecular flexibility index (Phi) is 4.13. The summed E-state index contributed by atoms with van der Waals surface area (Å²) in [5.41, 5.74) is 2.60. The van der Waals surface area contributed by atoms with Gasteiger partial charge >= 0.3 is 0 Å². The molecule has 1 fully saturated rings. The molecule has 0 radical (unpaired) electrons. The van der Waals surface area contributed by atoms with Crippen LogP contribution in [0.1, 0.15) is 22.5 Å². The molecule has 0 spiro atoms. The number of carbonyl (C=O) groups is 1. The van der Waals surface area contributed by atoms with Crippen LogP contribution in [0.25, 0.3) is 0 Å². The summed E-state index contributed by atoms with van der Waals surface area (Å²) in [6.45, 7) is 3.74. The summed E-state index contributed by atoms with van der Waals surface area (Å²) >= 11 is 0. The lowest BCUT2D eigenvalue weighted by Gasteiger charge is -2.29. The second-order valence-electron chi connectivity index (χ2n) is 6.07. The molecule has 3 heterocycles. The number of benzene rings is 1. The van der Waals surface area contributed by atoms with Gasteiger partial charge in [0.1, 0.15) is 0 Å². The molecule has 0 atom stereocenters. The van der Waals surface area contributed by atoms with Crippen LogP contribution in [-0.4, -0.2) is 49.0 Å². The summed E-state index contributed by atoms with van der Waals surface area (Å²) in [6, 6.07) is 11.7. The smallest absolute Gasteiger partial charge is 0.278 e. The molecule has 124 valence electrons. The zero-order valence-corrected chi connectivity index (χ0v) is 13.5. The largest absolute Gasteiger partial charge is 0.378 e. The first-order valence-corrected chi connectivity index (χ1v) is 8.39. The first-order valence-electron chi connectivity index (χ1n) is 8.39. The van der Waals surface area contributed by atoms with Crippen molar-refractivity contribution in [3.63, 3.8) is 0 Å². The van der Waals surface area contributed by atoms with Crippen molar-refractivity contribution in [1.82, 2.24) is 10.2 Å². The van der Waals surface area contributed by atoms with Crippen molar-refractivity contribution >= 4 is 17.4 Å². The minimum Gasteiger partial charge on any atom is -0.378 e. The van der Waals surface area contributed by atoms with E-state index >= 15 is 0 Å². The van der Waals surface area contributed by atoms with Crippen molar-refractivity contribution in [3.8, 4) is 0 Å². The topological polar surface area (TPSA) is 58.6 Å². The van der Waals surface area contributed by atoms with Crippen LogP contribution in [0, 0.1) is 0 Å². The molecule has 6 heteroatoms. The Labute approximate surface area is 141 Å². The van der Waals surface area contributed by atoms with Crippen LogP contribution < -0.4 is 9.80 Å². The molecule has 1 amide bonds. The number of carbonyl (C=O) groups excluding carboxylic acids is 1. The van der Waals surface area contributed by atoms with E-state index in [-0.39, 0.29) is 5.91 Å². The Balaban J connectivity index is 1.55. The quantitative estimate of drug-likeness (QED) is 0.844. The van der Waals surface area contributed by atoms with Crippen molar-refractivity contribution < 1.29 is 9.53 Å². The highest BCUT2D eigenvalue weighted by molar-refractivity contribution is 6.05. The van der Waals surface area contributed by atoms with Gasteiger partial charge in [0.05, 0.1) is 13.2 Å². The molecule has 6 nitrogen and oxygen atoms in total. The second kappa shape index (κ2) is 6.57. The van der Waals surface area contributed by atoms with E-state index in [1.807, 2.05) is 29.2 Å². The number of aromatic nitrogens is 2. The Morgan fingerprint density at radius 2 is 1.83 bits per heavy atom. The van der Waals surface area contributed by atoms with Crippen molar-refractivity contribution in [2.45, 2.75) is 12.8 Å². The summed E-state index contributed by atoms with van der Waals surface area (Å²) in [5, 5.41) is 8.43. The van der Waals surface area contributed by atoms with Gasteiger partial charge in [-0.3, -0.25) is 4.79 Å². The lowest BCUT2D eigenvalue weighted by molar-refractivity contribution is 0.0979. The molecule has 24 heavy (non-hydrogen) atoms. The summed E-state index contributed by atoms with van der Waals surface area (Å²) in [4.78, 5) is 16.8. The number of aryl methyl sites for hydroxylation is 1. The van der Waals surface area contributed by atoms with E-state index < -0.39 is 0 Å². The molecular weight excluding hydrogens is 304 g/mol. The number of nitrogens with zero attached hydrogens (tertiary/aromatic N) is 4. The van der Waals surface area contributed by atoms with E-state index in [1.165, 1.54) is 5.56 Å². The predicted molar refractivity (Wildman–Crippen MR) is 91.5 cm³/mol. The second-order valence-corrected chi connectivity index (χ2v) is 6.07. The van der Waals surface area contributed by atoms with Gasteiger partial charge in [0.15, 0.2) is 11.5 Å². The van der Waals surface area contributed by atoms with E-state index in [4.69, 9.17) is 4.74 Å². The van der Waals surface area contributed by atoms with Crippen LogP contribution in [-0.2, 0) is 11.2 Å². The molecule has 0 unspecified atom stereocenters. The van der Waals surface area contributed by atoms with Gasteiger partial charge in [0.2, 0.25) is 0 Å². The lowest BCUT2D eigenvalue weighted by Crippen LogP contribution is -2.38. The zero-order valence-electron chi connectivity index (χ0n) is 13.5. The van der Waals surface area contributed by atoms with Gasteiger partial charge < -0.3 is 14.5 Å². The summed E-state index contributed by atoms with van der Waals surface area (Å²) in [6.07, 6.45) is 1.99. The van der Waals surface area contributed by atoms with E-state index in [1.54, 1.807) is 6.07 Å². The number of amides is 1. The molecule has 0 bridgehead atoms. The standard InChI is InChI=1S/C18H20N4O2/c23-18(22-9-3-5-14-4-1-2-6-16(14)22)15-7-8-17(20-19-15)21-10-12-24-13-11-21/h1-2,4,6-8H,3,5,9-13H2. The molecule has 1 aromatic carbocycles. The minimum atomic E-state index is -0.0804. The van der Waals surface area contributed by atoms with Crippen molar-refractivity contribution in [2.75, 3.05) is 42.6 Å². The molecule has 2 aliphatic rings. The molecular formula is C18H20N4O2. The summed E-state index contributed by atoms with van der Waals surface area (Å²) < 4.78 is 5.35. The number of fused-ring (bicyclic) bond motifs is 1. The number of morpholine rings is 1. The van der Waals surface area contributed by atoms with Gasteiger partial charge in [-0.25, -0.2) is 0 Å². The molecule has 0 aliphatic carbocycles. The first kappa shape index (κ1) is 15.1. The lowest BCUT2D eigenvalue weighted by atomic mass is 10.0. The first-order chi connectivity index (χ1) is 11.8. The number of hydrogen-bond donors (Lipinski definition) is 0. The van der Waals surface area contributed by atoms with Gasteiger partial charge in [0, 0.05) is 25.3 Å². The number of ether oxygens (including phenoxy) is 1. The van der Waals surface area contributed by atoms with Gasteiger partial charge in [-0.05, 0) is 36.6 Å². The van der Waals surface area contributed by atoms with Crippen LogP contribution in [0.15, 0.2) is 36.4 Å². The average molecular weight is 324 g/mol. The average Bonchev–Trinajstić information content (AvgIpc) is 2.68. The Hall–Kier alpha value is -2.47.